The first-order valence-electron chi connectivity index (χ1n) is 3.56. The normalized spacial score (nSPS) is 9.31. The summed E-state index contributed by atoms with van der Waals surface area (Å²) in [5, 5.41) is 3.00. The summed E-state index contributed by atoms with van der Waals surface area (Å²) in [5.41, 5.74) is 1.11. The molecule has 0 unspecified atom stereocenters. The number of thiol groups is 1. The van der Waals surface area contributed by atoms with Crippen LogP contribution in [0.3, 0.4) is 0 Å². The Bertz CT molecular complexity index is 378. The van der Waals surface area contributed by atoms with Crippen LogP contribution in [0.15, 0.2) is 40.7 Å². The van der Waals surface area contributed by atoms with Crippen LogP contribution in [0.1, 0.15) is 1.43 Å². The van der Waals surface area contributed by atoms with Crippen LogP contribution in [0.25, 0.3) is 10.6 Å². The van der Waals surface area contributed by atoms with Gasteiger partial charge in [-0.3, -0.25) is 0 Å². The fourth-order valence-corrected chi connectivity index (χ4v) is 2.03. The predicted octanol–water partition coefficient (Wildman–Crippen LogP) is 0.215. The molecule has 0 atom stereocenters. The van der Waals surface area contributed by atoms with E-state index in [1.807, 2.05) is 29.6 Å². The summed E-state index contributed by atoms with van der Waals surface area (Å²) in [5.74, 6) is 0. The first-order chi connectivity index (χ1) is 5.88. The topological polar surface area (TPSA) is 12.9 Å². The molecule has 0 saturated heterocycles. The predicted molar refractivity (Wildman–Crippen MR) is 55.9 cm³/mol. The van der Waals surface area contributed by atoms with E-state index < -0.39 is 0 Å². The van der Waals surface area contributed by atoms with Crippen molar-refractivity contribution in [2.45, 2.75) is 4.90 Å². The van der Waals surface area contributed by atoms with Crippen molar-refractivity contribution in [1.29, 1.82) is 0 Å². The molecule has 4 heteroatoms. The zero-order valence-electron chi connectivity index (χ0n) is 8.27. The fourth-order valence-electron chi connectivity index (χ4n) is 1.01. The maximum absolute atomic E-state index is 4.35. The summed E-state index contributed by atoms with van der Waals surface area (Å²) in [6.07, 6.45) is 1.81. The second-order valence-corrected chi connectivity index (χ2v) is 3.73. The molecule has 0 fully saturated rings. The Kier molecular flexibility index (Phi) is 4.49. The van der Waals surface area contributed by atoms with E-state index >= 15 is 0 Å². The average molecular weight is 217 g/mol. The van der Waals surface area contributed by atoms with Crippen molar-refractivity contribution in [3.63, 3.8) is 0 Å². The molecular weight excluding hydrogens is 209 g/mol. The van der Waals surface area contributed by atoms with Gasteiger partial charge in [-0.25, -0.2) is 4.98 Å². The second-order valence-electron chi connectivity index (χ2n) is 2.35. The van der Waals surface area contributed by atoms with Crippen molar-refractivity contribution in [3.05, 3.63) is 35.8 Å². The van der Waals surface area contributed by atoms with Crippen LogP contribution < -0.4 is 29.6 Å². The standard InChI is InChI=1S/C9H7NS2.Na.H/c11-8-4-2-1-3-7(8)9-10-5-6-12-9;;/h1-6,11H;;/q;+1;-1. The molecule has 62 valence electrons. The number of aromatic nitrogens is 1. The zero-order chi connectivity index (χ0) is 8.39. The first kappa shape index (κ1) is 11.3. The largest absolute Gasteiger partial charge is 1.00 e. The van der Waals surface area contributed by atoms with E-state index in [-0.39, 0.29) is 31.0 Å². The molecule has 0 amide bonds. The van der Waals surface area contributed by atoms with Crippen LogP contribution in [-0.2, 0) is 0 Å². The van der Waals surface area contributed by atoms with Crippen molar-refractivity contribution in [2.75, 3.05) is 0 Å². The van der Waals surface area contributed by atoms with Crippen molar-refractivity contribution >= 4 is 24.0 Å². The molecule has 0 spiro atoms. The first-order valence-corrected chi connectivity index (χ1v) is 4.88. The van der Waals surface area contributed by atoms with Gasteiger partial charge in [-0.1, -0.05) is 18.2 Å². The minimum atomic E-state index is 0. The van der Waals surface area contributed by atoms with Crippen molar-refractivity contribution < 1.29 is 31.0 Å². The molecule has 0 aliphatic carbocycles. The van der Waals surface area contributed by atoms with Crippen LogP contribution in [0.5, 0.6) is 0 Å². The van der Waals surface area contributed by atoms with Crippen molar-refractivity contribution in [1.82, 2.24) is 4.98 Å². The van der Waals surface area contributed by atoms with Gasteiger partial charge in [0, 0.05) is 22.0 Å². The third-order valence-corrected chi connectivity index (χ3v) is 2.76. The zero-order valence-corrected chi connectivity index (χ0v) is 11.0. The number of rotatable bonds is 1. The SMILES string of the molecule is Sc1ccccc1-c1nccs1.[H-].[Na+]. The molecule has 2 rings (SSSR count). The quantitative estimate of drug-likeness (QED) is 0.532. The van der Waals surface area contributed by atoms with Gasteiger partial charge >= 0.3 is 29.6 Å². The van der Waals surface area contributed by atoms with E-state index in [1.54, 1.807) is 17.5 Å². The molecule has 1 heterocycles. The molecule has 0 aliphatic heterocycles. The Labute approximate surface area is 110 Å². The Balaban J connectivity index is 0.000000845. The Morgan fingerprint density at radius 3 is 2.69 bits per heavy atom. The van der Waals surface area contributed by atoms with Gasteiger partial charge in [-0.05, 0) is 6.07 Å². The molecule has 1 aromatic heterocycles. The van der Waals surface area contributed by atoms with Crippen LogP contribution in [0.4, 0.5) is 0 Å². The molecule has 0 N–H and O–H groups in total. The number of hydrogen-bond donors (Lipinski definition) is 1. The number of hydrogen-bond acceptors (Lipinski definition) is 3. The van der Waals surface area contributed by atoms with Gasteiger partial charge < -0.3 is 1.43 Å². The maximum atomic E-state index is 4.35. The second kappa shape index (κ2) is 5.17. The summed E-state index contributed by atoms with van der Waals surface area (Å²) in [7, 11) is 0. The Morgan fingerprint density at radius 1 is 1.31 bits per heavy atom. The number of nitrogens with zero attached hydrogens (tertiary/aromatic N) is 1. The maximum Gasteiger partial charge on any atom is 1.00 e. The fraction of sp³-hybridized carbons (Fsp3) is 0. The van der Waals surface area contributed by atoms with Gasteiger partial charge in [-0.15, -0.1) is 24.0 Å². The van der Waals surface area contributed by atoms with Crippen LogP contribution in [0.2, 0.25) is 0 Å². The molecule has 1 nitrogen and oxygen atoms in total. The van der Waals surface area contributed by atoms with Crippen LogP contribution in [-0.4, -0.2) is 4.98 Å². The van der Waals surface area contributed by atoms with Gasteiger partial charge in [0.2, 0.25) is 0 Å². The third kappa shape index (κ3) is 2.58. The van der Waals surface area contributed by atoms with E-state index in [0.29, 0.717) is 0 Å². The average Bonchev–Trinajstić information content (AvgIpc) is 2.57. The van der Waals surface area contributed by atoms with E-state index in [2.05, 4.69) is 17.6 Å². The molecule has 1 aromatic carbocycles. The Hall–Kier alpha value is 0.200. The van der Waals surface area contributed by atoms with E-state index in [9.17, 15) is 0 Å². The molecule has 0 aliphatic rings. The summed E-state index contributed by atoms with van der Waals surface area (Å²) in [6.45, 7) is 0. The number of thiazole rings is 1. The molecule has 0 radical (unpaired) electrons. The molecule has 2 aromatic rings. The van der Waals surface area contributed by atoms with Gasteiger partial charge in [0.15, 0.2) is 0 Å². The third-order valence-electron chi connectivity index (χ3n) is 1.57. The monoisotopic (exact) mass is 217 g/mol. The molecule has 0 bridgehead atoms. The summed E-state index contributed by atoms with van der Waals surface area (Å²) in [6, 6.07) is 7.97. The summed E-state index contributed by atoms with van der Waals surface area (Å²) in [4.78, 5) is 5.20. The van der Waals surface area contributed by atoms with Crippen LogP contribution in [0, 0.1) is 0 Å². The summed E-state index contributed by atoms with van der Waals surface area (Å²) < 4.78 is 0. The van der Waals surface area contributed by atoms with Gasteiger partial charge in [-0.2, -0.15) is 0 Å². The van der Waals surface area contributed by atoms with Gasteiger partial charge in [0.1, 0.15) is 5.01 Å². The number of benzene rings is 1. The molecule has 13 heavy (non-hydrogen) atoms. The van der Waals surface area contributed by atoms with E-state index in [1.165, 1.54) is 0 Å². The van der Waals surface area contributed by atoms with Crippen molar-refractivity contribution in [2.24, 2.45) is 0 Å². The molecule has 0 saturated carbocycles. The van der Waals surface area contributed by atoms with E-state index in [0.717, 1.165) is 15.5 Å². The summed E-state index contributed by atoms with van der Waals surface area (Å²) >= 11 is 5.98. The van der Waals surface area contributed by atoms with Crippen molar-refractivity contribution in [3.8, 4) is 10.6 Å². The molecular formula is C9H8NNaS2. The minimum absolute atomic E-state index is 0. The van der Waals surface area contributed by atoms with Gasteiger partial charge in [0.05, 0.1) is 0 Å². The minimum Gasteiger partial charge on any atom is -1.00 e. The van der Waals surface area contributed by atoms with Crippen LogP contribution >= 0.6 is 24.0 Å². The van der Waals surface area contributed by atoms with Gasteiger partial charge in [0.25, 0.3) is 0 Å². The van der Waals surface area contributed by atoms with E-state index in [4.69, 9.17) is 0 Å². The smallest absolute Gasteiger partial charge is 1.00 e. The Morgan fingerprint density at radius 2 is 2.08 bits per heavy atom.